The van der Waals surface area contributed by atoms with Gasteiger partial charge in [-0.05, 0) is 42.7 Å². The summed E-state index contributed by atoms with van der Waals surface area (Å²) in [6.45, 7) is 4.49. The van der Waals surface area contributed by atoms with Gasteiger partial charge in [-0.2, -0.15) is 0 Å². The van der Waals surface area contributed by atoms with Gasteiger partial charge in [0.15, 0.2) is 0 Å². The number of nitrogens with zero attached hydrogens (tertiary/aromatic N) is 1. The van der Waals surface area contributed by atoms with E-state index in [2.05, 4.69) is 36.4 Å². The first-order chi connectivity index (χ1) is 8.72. The van der Waals surface area contributed by atoms with Crippen LogP contribution in [0.4, 0.5) is 0 Å². The molecule has 0 bridgehead atoms. The summed E-state index contributed by atoms with van der Waals surface area (Å²) in [6.07, 6.45) is 7.90. The summed E-state index contributed by atoms with van der Waals surface area (Å²) in [7, 11) is 0. The van der Waals surface area contributed by atoms with E-state index in [1.54, 1.807) is 0 Å². The Labute approximate surface area is 110 Å². The largest absolute Gasteiger partial charge is 0.271 e. The number of nitrogens with one attached hydrogen (secondary N) is 1. The summed E-state index contributed by atoms with van der Waals surface area (Å²) in [6, 6.07) is 4.68. The maximum Gasteiger partial charge on any atom is 0.0419 e. The third-order valence-corrected chi connectivity index (χ3v) is 4.24. The smallest absolute Gasteiger partial charge is 0.0419 e. The van der Waals surface area contributed by atoms with Gasteiger partial charge in [-0.25, -0.2) is 0 Å². The van der Waals surface area contributed by atoms with Crippen molar-refractivity contribution >= 4 is 0 Å². The molecule has 2 rings (SSSR count). The molecule has 0 aromatic carbocycles. The van der Waals surface area contributed by atoms with Gasteiger partial charge in [0.25, 0.3) is 0 Å². The van der Waals surface area contributed by atoms with E-state index in [0.717, 1.165) is 24.5 Å². The highest BCUT2D eigenvalue weighted by molar-refractivity contribution is 5.15. The molecule has 0 aliphatic heterocycles. The maximum atomic E-state index is 5.72. The lowest BCUT2D eigenvalue weighted by Crippen LogP contribution is -2.41. The lowest BCUT2D eigenvalue weighted by molar-refractivity contribution is 0.350. The zero-order chi connectivity index (χ0) is 13.0. The van der Waals surface area contributed by atoms with Crippen LogP contribution >= 0.6 is 0 Å². The van der Waals surface area contributed by atoms with Crippen LogP contribution in [0.5, 0.6) is 0 Å². The minimum atomic E-state index is 0.370. The Bertz CT molecular complexity index is 361. The van der Waals surface area contributed by atoms with Crippen molar-refractivity contribution in [2.45, 2.75) is 52.0 Å². The predicted octanol–water partition coefficient (Wildman–Crippen LogP) is 2.45. The van der Waals surface area contributed by atoms with Crippen LogP contribution in [-0.2, 0) is 12.8 Å². The van der Waals surface area contributed by atoms with E-state index in [1.807, 2.05) is 6.20 Å². The van der Waals surface area contributed by atoms with Crippen molar-refractivity contribution < 1.29 is 0 Å². The fraction of sp³-hybridized carbons (Fsp3) is 0.667. The van der Waals surface area contributed by atoms with Crippen LogP contribution in [0, 0.1) is 11.8 Å². The van der Waals surface area contributed by atoms with Gasteiger partial charge in [-0.3, -0.25) is 16.3 Å². The summed E-state index contributed by atoms with van der Waals surface area (Å²) >= 11 is 0. The SMILES string of the molecule is CCc1ccc(CC(NN)C2CCC(C)C2)nc1. The molecule has 18 heavy (non-hydrogen) atoms. The monoisotopic (exact) mass is 247 g/mol. The molecule has 3 atom stereocenters. The van der Waals surface area contributed by atoms with Crippen LogP contribution in [0.3, 0.4) is 0 Å². The summed E-state index contributed by atoms with van der Waals surface area (Å²) in [5.74, 6) is 7.28. The van der Waals surface area contributed by atoms with Crippen molar-refractivity contribution in [3.05, 3.63) is 29.6 Å². The predicted molar refractivity (Wildman–Crippen MR) is 74.9 cm³/mol. The molecule has 0 saturated heterocycles. The highest BCUT2D eigenvalue weighted by Gasteiger charge is 2.28. The highest BCUT2D eigenvalue weighted by atomic mass is 15.2. The van der Waals surface area contributed by atoms with E-state index in [1.165, 1.54) is 24.8 Å². The van der Waals surface area contributed by atoms with Crippen molar-refractivity contribution in [2.24, 2.45) is 17.7 Å². The highest BCUT2D eigenvalue weighted by Crippen LogP contribution is 2.33. The summed E-state index contributed by atoms with van der Waals surface area (Å²) in [5, 5.41) is 0. The zero-order valence-corrected chi connectivity index (χ0v) is 11.5. The molecule has 100 valence electrons. The number of hydrazine groups is 1. The van der Waals surface area contributed by atoms with Crippen molar-refractivity contribution in [3.63, 3.8) is 0 Å². The summed E-state index contributed by atoms with van der Waals surface area (Å²) in [5.41, 5.74) is 5.45. The first-order valence-corrected chi connectivity index (χ1v) is 7.12. The Balaban J connectivity index is 1.96. The molecule has 1 aliphatic carbocycles. The molecule has 0 radical (unpaired) electrons. The molecular formula is C15H25N3. The fourth-order valence-corrected chi connectivity index (χ4v) is 2.99. The van der Waals surface area contributed by atoms with Crippen molar-refractivity contribution in [1.82, 2.24) is 10.4 Å². The third kappa shape index (κ3) is 3.30. The van der Waals surface area contributed by atoms with Crippen LogP contribution in [0.1, 0.15) is 44.4 Å². The molecular weight excluding hydrogens is 222 g/mol. The number of rotatable bonds is 5. The van der Waals surface area contributed by atoms with E-state index < -0.39 is 0 Å². The van der Waals surface area contributed by atoms with Gasteiger partial charge in [-0.1, -0.05) is 26.3 Å². The lowest BCUT2D eigenvalue weighted by atomic mass is 9.93. The topological polar surface area (TPSA) is 50.9 Å². The van der Waals surface area contributed by atoms with Gasteiger partial charge in [0.2, 0.25) is 0 Å². The Kier molecular flexibility index (Phi) is 4.72. The van der Waals surface area contributed by atoms with Gasteiger partial charge in [0.1, 0.15) is 0 Å². The molecule has 0 amide bonds. The Hall–Kier alpha value is -0.930. The van der Waals surface area contributed by atoms with Gasteiger partial charge >= 0.3 is 0 Å². The summed E-state index contributed by atoms with van der Waals surface area (Å²) in [4.78, 5) is 4.53. The van der Waals surface area contributed by atoms with Gasteiger partial charge < -0.3 is 0 Å². The van der Waals surface area contributed by atoms with E-state index in [-0.39, 0.29) is 0 Å². The molecule has 1 aromatic heterocycles. The zero-order valence-electron chi connectivity index (χ0n) is 11.5. The molecule has 1 heterocycles. The standard InChI is InChI=1S/C15H25N3/c1-3-12-5-7-14(17-10-12)9-15(18-16)13-6-4-11(2)8-13/h5,7,10-11,13,15,18H,3-4,6,8-9,16H2,1-2H3. The average molecular weight is 247 g/mol. The van der Waals surface area contributed by atoms with Gasteiger partial charge in [-0.15, -0.1) is 0 Å². The number of hydrogen-bond acceptors (Lipinski definition) is 3. The van der Waals surface area contributed by atoms with E-state index in [0.29, 0.717) is 12.0 Å². The van der Waals surface area contributed by atoms with Crippen molar-refractivity contribution in [1.29, 1.82) is 0 Å². The second-order valence-electron chi connectivity index (χ2n) is 5.67. The molecule has 1 aliphatic rings. The Morgan fingerprint density at radius 2 is 2.28 bits per heavy atom. The Morgan fingerprint density at radius 3 is 2.78 bits per heavy atom. The fourth-order valence-electron chi connectivity index (χ4n) is 2.99. The molecule has 3 N–H and O–H groups in total. The van der Waals surface area contributed by atoms with Crippen LogP contribution in [-0.4, -0.2) is 11.0 Å². The average Bonchev–Trinajstić information content (AvgIpc) is 2.83. The Morgan fingerprint density at radius 1 is 1.44 bits per heavy atom. The second-order valence-corrected chi connectivity index (χ2v) is 5.67. The lowest BCUT2D eigenvalue weighted by Gasteiger charge is -2.22. The molecule has 1 fully saturated rings. The molecule has 1 aromatic rings. The van der Waals surface area contributed by atoms with Crippen molar-refractivity contribution in [3.8, 4) is 0 Å². The number of aromatic nitrogens is 1. The number of pyridine rings is 1. The minimum Gasteiger partial charge on any atom is -0.271 e. The normalized spacial score (nSPS) is 25.3. The summed E-state index contributed by atoms with van der Waals surface area (Å²) < 4.78 is 0. The van der Waals surface area contributed by atoms with E-state index >= 15 is 0 Å². The number of nitrogens with two attached hydrogens (primary N) is 1. The van der Waals surface area contributed by atoms with E-state index in [9.17, 15) is 0 Å². The number of hydrogen-bond donors (Lipinski definition) is 2. The van der Waals surface area contributed by atoms with Crippen LogP contribution in [0.25, 0.3) is 0 Å². The van der Waals surface area contributed by atoms with Gasteiger partial charge in [0, 0.05) is 24.4 Å². The van der Waals surface area contributed by atoms with Crippen LogP contribution < -0.4 is 11.3 Å². The van der Waals surface area contributed by atoms with Gasteiger partial charge in [0.05, 0.1) is 0 Å². The first kappa shape index (κ1) is 13.5. The first-order valence-electron chi connectivity index (χ1n) is 7.12. The van der Waals surface area contributed by atoms with Crippen molar-refractivity contribution in [2.75, 3.05) is 0 Å². The quantitative estimate of drug-likeness (QED) is 0.621. The molecule has 1 saturated carbocycles. The number of aryl methyl sites for hydroxylation is 1. The molecule has 3 unspecified atom stereocenters. The minimum absolute atomic E-state index is 0.370. The second kappa shape index (κ2) is 6.30. The van der Waals surface area contributed by atoms with E-state index in [4.69, 9.17) is 5.84 Å². The molecule has 3 heteroatoms. The maximum absolute atomic E-state index is 5.72. The van der Waals surface area contributed by atoms with Crippen LogP contribution in [0.2, 0.25) is 0 Å². The molecule has 0 spiro atoms. The third-order valence-electron chi connectivity index (χ3n) is 4.24. The molecule has 3 nitrogen and oxygen atoms in total. The van der Waals surface area contributed by atoms with Crippen LogP contribution in [0.15, 0.2) is 18.3 Å².